The molecule has 2 aromatic rings. The van der Waals surface area contributed by atoms with E-state index in [0.29, 0.717) is 13.1 Å². The fourth-order valence-electron chi connectivity index (χ4n) is 3.34. The number of nitrogens with zero attached hydrogens (tertiary/aromatic N) is 4. The number of nitrogens with one attached hydrogen (secondary N) is 1. The highest BCUT2D eigenvalue weighted by Crippen LogP contribution is 2.15. The highest BCUT2D eigenvalue weighted by Gasteiger charge is 2.24. The van der Waals surface area contributed by atoms with Gasteiger partial charge in [0.25, 0.3) is 0 Å². The first-order valence-corrected chi connectivity index (χ1v) is 9.48. The molecule has 6 heteroatoms. The van der Waals surface area contributed by atoms with Gasteiger partial charge in [0.05, 0.1) is 0 Å². The van der Waals surface area contributed by atoms with Crippen LogP contribution in [0, 0.1) is 0 Å². The van der Waals surface area contributed by atoms with E-state index in [2.05, 4.69) is 38.9 Å². The molecule has 1 fully saturated rings. The lowest BCUT2D eigenvalue weighted by Gasteiger charge is -2.34. The van der Waals surface area contributed by atoms with E-state index < -0.39 is 0 Å². The molecule has 0 aliphatic carbocycles. The predicted octanol–water partition coefficient (Wildman–Crippen LogP) is 2.89. The molecule has 2 heterocycles. The largest absolute Gasteiger partial charge is 0.339 e. The number of carbonyl (C=O) groups excluding carboxylic acids is 1. The van der Waals surface area contributed by atoms with Crippen LogP contribution in [0.15, 0.2) is 61.4 Å². The summed E-state index contributed by atoms with van der Waals surface area (Å²) in [6.07, 6.45) is 8.08. The van der Waals surface area contributed by atoms with Gasteiger partial charge < -0.3 is 15.1 Å². The fraction of sp³-hybridized carbons (Fsp3) is 0.381. The van der Waals surface area contributed by atoms with Crippen molar-refractivity contribution in [1.82, 2.24) is 20.2 Å². The molecule has 1 N–H and O–H groups in total. The van der Waals surface area contributed by atoms with Crippen molar-refractivity contribution in [2.24, 2.45) is 0 Å². The minimum absolute atomic E-state index is 0.0355. The number of hydrogen-bond acceptors (Lipinski definition) is 4. The van der Waals surface area contributed by atoms with Gasteiger partial charge >= 0.3 is 6.03 Å². The van der Waals surface area contributed by atoms with Gasteiger partial charge in [0.1, 0.15) is 0 Å². The van der Waals surface area contributed by atoms with E-state index >= 15 is 0 Å². The first-order valence-electron chi connectivity index (χ1n) is 9.48. The van der Waals surface area contributed by atoms with Crippen molar-refractivity contribution in [3.05, 3.63) is 67.0 Å². The Morgan fingerprint density at radius 1 is 1.26 bits per heavy atom. The summed E-state index contributed by atoms with van der Waals surface area (Å²) in [5, 5.41) is 3.18. The standard InChI is InChI=1S/C21H27N5O/c1-2-14-25(16-11-18-8-4-3-5-9-18)21(27)24-19-10-6-15-26(17-19)20-22-12-7-13-23-20/h2-5,7-9,12-13,19H,1,6,10-11,14-17H2,(H,24,27). The Kier molecular flexibility index (Phi) is 6.79. The van der Waals surface area contributed by atoms with Crippen LogP contribution in [0.5, 0.6) is 0 Å². The van der Waals surface area contributed by atoms with Crippen LogP contribution in [0.2, 0.25) is 0 Å². The maximum absolute atomic E-state index is 12.8. The van der Waals surface area contributed by atoms with Gasteiger partial charge in [-0.25, -0.2) is 14.8 Å². The Labute approximate surface area is 160 Å². The molecule has 3 rings (SSSR count). The molecule has 1 aromatic carbocycles. The van der Waals surface area contributed by atoms with Crippen LogP contribution < -0.4 is 10.2 Å². The second kappa shape index (κ2) is 9.71. The average Bonchev–Trinajstić information content (AvgIpc) is 2.72. The molecule has 6 nitrogen and oxygen atoms in total. The summed E-state index contributed by atoms with van der Waals surface area (Å²) in [6, 6.07) is 12.1. The Morgan fingerprint density at radius 2 is 2.04 bits per heavy atom. The van der Waals surface area contributed by atoms with E-state index in [-0.39, 0.29) is 12.1 Å². The quantitative estimate of drug-likeness (QED) is 0.767. The molecule has 1 atom stereocenters. The van der Waals surface area contributed by atoms with Crippen molar-refractivity contribution < 1.29 is 4.79 Å². The molecule has 0 spiro atoms. The Hall–Kier alpha value is -2.89. The number of amides is 2. The van der Waals surface area contributed by atoms with Gasteiger partial charge in [0, 0.05) is 44.6 Å². The number of anilines is 1. The second-order valence-electron chi connectivity index (χ2n) is 6.75. The van der Waals surface area contributed by atoms with Crippen LogP contribution in [0.1, 0.15) is 18.4 Å². The van der Waals surface area contributed by atoms with Gasteiger partial charge in [-0.3, -0.25) is 0 Å². The molecular weight excluding hydrogens is 338 g/mol. The molecule has 0 bridgehead atoms. The molecule has 27 heavy (non-hydrogen) atoms. The third-order valence-corrected chi connectivity index (χ3v) is 4.73. The van der Waals surface area contributed by atoms with Gasteiger partial charge in [-0.05, 0) is 30.9 Å². The lowest BCUT2D eigenvalue weighted by atomic mass is 10.1. The summed E-state index contributed by atoms with van der Waals surface area (Å²) in [6.45, 7) is 6.65. The number of carbonyl (C=O) groups is 1. The summed E-state index contributed by atoms with van der Waals surface area (Å²) >= 11 is 0. The number of benzene rings is 1. The van der Waals surface area contributed by atoms with Gasteiger partial charge in [-0.15, -0.1) is 6.58 Å². The fourth-order valence-corrected chi connectivity index (χ4v) is 3.34. The van der Waals surface area contributed by atoms with Crippen LogP contribution in [0.25, 0.3) is 0 Å². The first-order chi connectivity index (χ1) is 13.3. The van der Waals surface area contributed by atoms with E-state index in [0.717, 1.165) is 38.3 Å². The van der Waals surface area contributed by atoms with Gasteiger partial charge in [-0.2, -0.15) is 0 Å². The normalized spacial score (nSPS) is 16.6. The molecule has 0 radical (unpaired) electrons. The van der Waals surface area contributed by atoms with Crippen LogP contribution in [0.3, 0.4) is 0 Å². The third-order valence-electron chi connectivity index (χ3n) is 4.73. The highest BCUT2D eigenvalue weighted by atomic mass is 16.2. The molecule has 142 valence electrons. The number of aromatic nitrogens is 2. The van der Waals surface area contributed by atoms with E-state index in [1.807, 2.05) is 29.2 Å². The minimum atomic E-state index is -0.0355. The molecular formula is C21H27N5O. The zero-order chi connectivity index (χ0) is 18.9. The number of urea groups is 1. The highest BCUT2D eigenvalue weighted by molar-refractivity contribution is 5.74. The van der Waals surface area contributed by atoms with Gasteiger partial charge in [0.2, 0.25) is 5.95 Å². The van der Waals surface area contributed by atoms with E-state index in [1.165, 1.54) is 5.56 Å². The molecule has 1 unspecified atom stereocenters. The molecule has 1 saturated heterocycles. The SMILES string of the molecule is C=CCN(CCc1ccccc1)C(=O)NC1CCCN(c2ncccn2)C1. The van der Waals surface area contributed by atoms with Crippen LogP contribution >= 0.6 is 0 Å². The van der Waals surface area contributed by atoms with Gasteiger partial charge in [-0.1, -0.05) is 36.4 Å². The van der Waals surface area contributed by atoms with Crippen molar-refractivity contribution >= 4 is 12.0 Å². The first kappa shape index (κ1) is 18.9. The summed E-state index contributed by atoms with van der Waals surface area (Å²) < 4.78 is 0. The zero-order valence-electron chi connectivity index (χ0n) is 15.6. The molecule has 1 aromatic heterocycles. The minimum Gasteiger partial charge on any atom is -0.339 e. The monoisotopic (exact) mass is 365 g/mol. The Morgan fingerprint density at radius 3 is 2.78 bits per heavy atom. The lowest BCUT2D eigenvalue weighted by Crippen LogP contribution is -2.52. The van der Waals surface area contributed by atoms with Crippen LogP contribution in [-0.4, -0.2) is 53.1 Å². The summed E-state index contributed by atoms with van der Waals surface area (Å²) in [5.74, 6) is 0.725. The van der Waals surface area contributed by atoms with E-state index in [4.69, 9.17) is 0 Å². The zero-order valence-corrected chi connectivity index (χ0v) is 15.6. The summed E-state index contributed by atoms with van der Waals surface area (Å²) in [7, 11) is 0. The van der Waals surface area contributed by atoms with Crippen molar-refractivity contribution in [1.29, 1.82) is 0 Å². The smallest absolute Gasteiger partial charge is 0.317 e. The number of hydrogen-bond donors (Lipinski definition) is 1. The maximum Gasteiger partial charge on any atom is 0.317 e. The molecule has 1 aliphatic rings. The topological polar surface area (TPSA) is 61.4 Å². The van der Waals surface area contributed by atoms with Crippen molar-refractivity contribution in [3.8, 4) is 0 Å². The summed E-state index contributed by atoms with van der Waals surface area (Å²) in [4.78, 5) is 25.4. The van der Waals surface area contributed by atoms with Crippen LogP contribution in [0.4, 0.5) is 10.7 Å². The van der Waals surface area contributed by atoms with E-state index in [1.54, 1.807) is 18.5 Å². The molecule has 0 saturated carbocycles. The molecule has 2 amide bonds. The van der Waals surface area contributed by atoms with Crippen molar-refractivity contribution in [2.75, 3.05) is 31.1 Å². The number of rotatable bonds is 7. The second-order valence-corrected chi connectivity index (χ2v) is 6.75. The summed E-state index contributed by atoms with van der Waals surface area (Å²) in [5.41, 5.74) is 1.23. The van der Waals surface area contributed by atoms with Crippen molar-refractivity contribution in [2.45, 2.75) is 25.3 Å². The lowest BCUT2D eigenvalue weighted by molar-refractivity contribution is 0.198. The average molecular weight is 365 g/mol. The number of piperidine rings is 1. The Balaban J connectivity index is 1.55. The van der Waals surface area contributed by atoms with E-state index in [9.17, 15) is 4.79 Å². The third kappa shape index (κ3) is 5.54. The van der Waals surface area contributed by atoms with Gasteiger partial charge in [0.15, 0.2) is 0 Å². The van der Waals surface area contributed by atoms with Crippen LogP contribution in [-0.2, 0) is 6.42 Å². The van der Waals surface area contributed by atoms with Crippen molar-refractivity contribution in [3.63, 3.8) is 0 Å². The predicted molar refractivity (Wildman–Crippen MR) is 108 cm³/mol. The Bertz CT molecular complexity index is 722. The maximum atomic E-state index is 12.8. The molecule has 1 aliphatic heterocycles.